The van der Waals surface area contributed by atoms with E-state index >= 15 is 0 Å². The van der Waals surface area contributed by atoms with Gasteiger partial charge < -0.3 is 5.32 Å². The molecule has 0 radical (unpaired) electrons. The van der Waals surface area contributed by atoms with Gasteiger partial charge in [-0.05, 0) is 30.3 Å². The van der Waals surface area contributed by atoms with Gasteiger partial charge in [0, 0.05) is 41.6 Å². The molecule has 1 saturated heterocycles. The number of nitrogens with zero attached hydrogens (tertiary/aromatic N) is 1. The molecule has 0 spiro atoms. The third-order valence-corrected chi connectivity index (χ3v) is 5.15. The molecule has 1 atom stereocenters. The first-order valence-electron chi connectivity index (χ1n) is 6.80. The maximum absolute atomic E-state index is 14.3. The van der Waals surface area contributed by atoms with Crippen LogP contribution in [0.1, 0.15) is 16.5 Å². The fourth-order valence-electron chi connectivity index (χ4n) is 2.67. The third-order valence-electron chi connectivity index (χ3n) is 3.63. The first-order valence-corrected chi connectivity index (χ1v) is 8.37. The molecular formula is C15H16Cl3FN2S. The molecule has 0 bridgehead atoms. The van der Waals surface area contributed by atoms with E-state index in [0.717, 1.165) is 31.1 Å². The van der Waals surface area contributed by atoms with Crippen LogP contribution in [0.4, 0.5) is 4.39 Å². The highest BCUT2D eigenvalue weighted by atomic mass is 35.5. The van der Waals surface area contributed by atoms with Crippen LogP contribution < -0.4 is 5.32 Å². The lowest BCUT2D eigenvalue weighted by Crippen LogP contribution is -2.45. The summed E-state index contributed by atoms with van der Waals surface area (Å²) in [5, 5.41) is 3.87. The molecule has 2 nitrogen and oxygen atoms in total. The van der Waals surface area contributed by atoms with E-state index < -0.39 is 0 Å². The summed E-state index contributed by atoms with van der Waals surface area (Å²) in [6, 6.07) is 8.43. The molecule has 0 aliphatic carbocycles. The van der Waals surface area contributed by atoms with Crippen LogP contribution in [0.3, 0.4) is 0 Å². The Balaban J connectivity index is 0.00000176. The Hall–Kier alpha value is -0.360. The van der Waals surface area contributed by atoms with Crippen molar-refractivity contribution in [1.29, 1.82) is 0 Å². The minimum absolute atomic E-state index is 0. The van der Waals surface area contributed by atoms with E-state index in [9.17, 15) is 4.39 Å². The number of nitrogens with one attached hydrogen (secondary N) is 1. The van der Waals surface area contributed by atoms with Gasteiger partial charge in [-0.1, -0.05) is 23.2 Å². The van der Waals surface area contributed by atoms with E-state index in [4.69, 9.17) is 23.2 Å². The van der Waals surface area contributed by atoms with Gasteiger partial charge in [0.1, 0.15) is 5.82 Å². The summed E-state index contributed by atoms with van der Waals surface area (Å²) in [5.74, 6) is -0.229. The largest absolute Gasteiger partial charge is 0.314 e. The molecule has 1 aliphatic rings. The standard InChI is InChI=1S/C15H15Cl2FN2S.ClH/c16-10-1-2-12(18)11(9-10)15(13-3-4-14(17)21-13)20-7-5-19-6-8-20;/h1-4,9,15,19H,5-8H2;1H/t15-;/m1./s1. The Morgan fingerprint density at radius 2 is 1.86 bits per heavy atom. The fourth-order valence-corrected chi connectivity index (χ4v) is 4.07. The summed E-state index contributed by atoms with van der Waals surface area (Å²) in [4.78, 5) is 3.32. The van der Waals surface area contributed by atoms with Gasteiger partial charge in [0.2, 0.25) is 0 Å². The molecule has 1 aliphatic heterocycles. The van der Waals surface area contributed by atoms with E-state index in [1.54, 1.807) is 12.1 Å². The highest BCUT2D eigenvalue weighted by Gasteiger charge is 2.27. The quantitative estimate of drug-likeness (QED) is 0.835. The number of piperazine rings is 1. The highest BCUT2D eigenvalue weighted by molar-refractivity contribution is 7.16. The lowest BCUT2D eigenvalue weighted by Gasteiger charge is -2.35. The Morgan fingerprint density at radius 1 is 1.14 bits per heavy atom. The second kappa shape index (κ2) is 7.95. The van der Waals surface area contributed by atoms with Gasteiger partial charge in [0.05, 0.1) is 10.4 Å². The number of hydrogen-bond donors (Lipinski definition) is 1. The molecule has 2 heterocycles. The van der Waals surface area contributed by atoms with Crippen LogP contribution in [-0.2, 0) is 0 Å². The van der Waals surface area contributed by atoms with Gasteiger partial charge in [0.15, 0.2) is 0 Å². The Morgan fingerprint density at radius 3 is 2.50 bits per heavy atom. The van der Waals surface area contributed by atoms with Crippen LogP contribution in [0.25, 0.3) is 0 Å². The fraction of sp³-hybridized carbons (Fsp3) is 0.333. The number of hydrogen-bond acceptors (Lipinski definition) is 3. The van der Waals surface area contributed by atoms with Crippen LogP contribution >= 0.6 is 46.9 Å². The molecule has 0 saturated carbocycles. The van der Waals surface area contributed by atoms with E-state index in [2.05, 4.69) is 10.2 Å². The molecule has 1 aromatic heterocycles. The second-order valence-electron chi connectivity index (χ2n) is 5.00. The Bertz CT molecular complexity index is 629. The van der Waals surface area contributed by atoms with Gasteiger partial charge in [-0.3, -0.25) is 4.90 Å². The number of rotatable bonds is 3. The molecule has 0 amide bonds. The van der Waals surface area contributed by atoms with Gasteiger partial charge in [-0.2, -0.15) is 0 Å². The SMILES string of the molecule is Cl.Fc1ccc(Cl)cc1[C@H](c1ccc(Cl)s1)N1CCNCC1. The molecule has 1 N–H and O–H groups in total. The smallest absolute Gasteiger partial charge is 0.128 e. The van der Waals surface area contributed by atoms with Crippen molar-refractivity contribution in [2.24, 2.45) is 0 Å². The number of benzene rings is 1. The average Bonchev–Trinajstić information content (AvgIpc) is 2.90. The Kier molecular flexibility index (Phi) is 6.50. The first kappa shape index (κ1) is 18.0. The van der Waals surface area contributed by atoms with Crippen LogP contribution in [0, 0.1) is 5.82 Å². The second-order valence-corrected chi connectivity index (χ2v) is 7.18. The lowest BCUT2D eigenvalue weighted by molar-refractivity contribution is 0.197. The van der Waals surface area contributed by atoms with Crippen molar-refractivity contribution in [3.8, 4) is 0 Å². The summed E-state index contributed by atoms with van der Waals surface area (Å²) >= 11 is 13.6. The predicted molar refractivity (Wildman–Crippen MR) is 94.3 cm³/mol. The van der Waals surface area contributed by atoms with Crippen LogP contribution in [-0.4, -0.2) is 31.1 Å². The normalized spacial score (nSPS) is 17.0. The van der Waals surface area contributed by atoms with Crippen molar-refractivity contribution in [3.05, 3.63) is 55.9 Å². The van der Waals surface area contributed by atoms with Crippen molar-refractivity contribution in [2.75, 3.05) is 26.2 Å². The van der Waals surface area contributed by atoms with E-state index in [1.807, 2.05) is 12.1 Å². The van der Waals surface area contributed by atoms with Crippen LogP contribution in [0.5, 0.6) is 0 Å². The molecule has 120 valence electrons. The molecule has 1 aromatic carbocycles. The molecule has 22 heavy (non-hydrogen) atoms. The molecule has 1 fully saturated rings. The van der Waals surface area contributed by atoms with Crippen molar-refractivity contribution >= 4 is 46.9 Å². The maximum Gasteiger partial charge on any atom is 0.128 e. The highest BCUT2D eigenvalue weighted by Crippen LogP contribution is 2.37. The zero-order valence-electron chi connectivity index (χ0n) is 11.7. The van der Waals surface area contributed by atoms with Crippen molar-refractivity contribution in [2.45, 2.75) is 6.04 Å². The summed E-state index contributed by atoms with van der Waals surface area (Å²) < 4.78 is 15.1. The summed E-state index contributed by atoms with van der Waals surface area (Å²) in [6.45, 7) is 3.54. The zero-order chi connectivity index (χ0) is 14.8. The topological polar surface area (TPSA) is 15.3 Å². The van der Waals surface area contributed by atoms with E-state index in [1.165, 1.54) is 17.4 Å². The molecular weight excluding hydrogens is 366 g/mol. The van der Waals surface area contributed by atoms with Gasteiger partial charge in [-0.15, -0.1) is 23.7 Å². The lowest BCUT2D eigenvalue weighted by atomic mass is 10.0. The molecule has 7 heteroatoms. The van der Waals surface area contributed by atoms with Crippen molar-refractivity contribution < 1.29 is 4.39 Å². The average molecular weight is 382 g/mol. The van der Waals surface area contributed by atoms with E-state index in [0.29, 0.717) is 14.9 Å². The van der Waals surface area contributed by atoms with Crippen molar-refractivity contribution in [3.63, 3.8) is 0 Å². The predicted octanol–water partition coefficient (Wildman–Crippen LogP) is 4.61. The van der Waals surface area contributed by atoms with Crippen LogP contribution in [0.15, 0.2) is 30.3 Å². The third kappa shape index (κ3) is 3.94. The maximum atomic E-state index is 14.3. The first-order chi connectivity index (χ1) is 10.1. The molecule has 3 rings (SSSR count). The van der Waals surface area contributed by atoms with E-state index in [-0.39, 0.29) is 24.3 Å². The number of halogens is 4. The minimum Gasteiger partial charge on any atom is -0.314 e. The van der Waals surface area contributed by atoms with Gasteiger partial charge in [-0.25, -0.2) is 4.39 Å². The minimum atomic E-state index is -0.229. The zero-order valence-corrected chi connectivity index (χ0v) is 14.8. The molecule has 2 aromatic rings. The summed E-state index contributed by atoms with van der Waals surface area (Å²) in [5.41, 5.74) is 0.614. The Labute approximate surface area is 149 Å². The van der Waals surface area contributed by atoms with Crippen molar-refractivity contribution in [1.82, 2.24) is 10.2 Å². The summed E-state index contributed by atoms with van der Waals surface area (Å²) in [7, 11) is 0. The monoisotopic (exact) mass is 380 g/mol. The molecule has 0 unspecified atom stereocenters. The van der Waals surface area contributed by atoms with Crippen LogP contribution in [0.2, 0.25) is 9.36 Å². The van der Waals surface area contributed by atoms with Gasteiger partial charge in [0.25, 0.3) is 0 Å². The summed E-state index contributed by atoms with van der Waals surface area (Å²) in [6.07, 6.45) is 0. The number of thiophene rings is 1. The van der Waals surface area contributed by atoms with Gasteiger partial charge >= 0.3 is 0 Å².